The Bertz CT molecular complexity index is 729. The van der Waals surface area contributed by atoms with Crippen LogP contribution in [0.2, 0.25) is 0 Å². The molecule has 0 aliphatic carbocycles. The van der Waals surface area contributed by atoms with Crippen LogP contribution in [0.3, 0.4) is 0 Å². The maximum Gasteiger partial charge on any atom is 0.238 e. The molecule has 5 heteroatoms. The summed E-state index contributed by atoms with van der Waals surface area (Å²) in [5.74, 6) is 2.14. The summed E-state index contributed by atoms with van der Waals surface area (Å²) in [5, 5.41) is -0.0234. The number of thioether (sulfide) groups is 1. The van der Waals surface area contributed by atoms with E-state index in [-0.39, 0.29) is 18.1 Å². The quantitative estimate of drug-likeness (QED) is 0.850. The van der Waals surface area contributed by atoms with Gasteiger partial charge in [-0.25, -0.2) is 0 Å². The van der Waals surface area contributed by atoms with Crippen molar-refractivity contribution in [3.63, 3.8) is 0 Å². The van der Waals surface area contributed by atoms with E-state index in [1.54, 1.807) is 11.8 Å². The first-order valence-electron chi connectivity index (χ1n) is 7.12. The summed E-state index contributed by atoms with van der Waals surface area (Å²) >= 11 is 1.64. The van der Waals surface area contributed by atoms with Crippen LogP contribution in [0.5, 0.6) is 11.5 Å². The lowest BCUT2D eigenvalue weighted by molar-refractivity contribution is -0.115. The maximum absolute atomic E-state index is 12.3. The third-order valence-corrected chi connectivity index (χ3v) is 5.07. The number of rotatable bonds is 2. The first kappa shape index (κ1) is 13.5. The standard InChI is InChI=1S/C17H15NO3S/c1-11-2-5-13(6-3-11)18-16(19)9-22-17(18)12-4-7-14-15(8-12)21-10-20-14/h2-8,17H,9-10H2,1H3. The summed E-state index contributed by atoms with van der Waals surface area (Å²) in [5.41, 5.74) is 3.17. The van der Waals surface area contributed by atoms with Crippen molar-refractivity contribution in [2.75, 3.05) is 17.4 Å². The van der Waals surface area contributed by atoms with Crippen LogP contribution in [-0.2, 0) is 4.79 Å². The number of carbonyl (C=O) groups excluding carboxylic acids is 1. The molecule has 0 bridgehead atoms. The van der Waals surface area contributed by atoms with Crippen molar-refractivity contribution >= 4 is 23.4 Å². The van der Waals surface area contributed by atoms with Gasteiger partial charge in [0.05, 0.1) is 5.75 Å². The number of benzene rings is 2. The molecule has 0 saturated carbocycles. The highest BCUT2D eigenvalue weighted by atomic mass is 32.2. The van der Waals surface area contributed by atoms with Gasteiger partial charge >= 0.3 is 0 Å². The predicted octanol–water partition coefficient (Wildman–Crippen LogP) is 3.50. The first-order chi connectivity index (χ1) is 10.7. The Morgan fingerprint density at radius 1 is 1.09 bits per heavy atom. The highest BCUT2D eigenvalue weighted by Gasteiger charge is 2.34. The highest BCUT2D eigenvalue weighted by molar-refractivity contribution is 8.00. The van der Waals surface area contributed by atoms with Gasteiger partial charge in [-0.1, -0.05) is 23.8 Å². The largest absolute Gasteiger partial charge is 0.454 e. The van der Waals surface area contributed by atoms with Gasteiger partial charge in [-0.2, -0.15) is 0 Å². The molecule has 2 aliphatic heterocycles. The van der Waals surface area contributed by atoms with Gasteiger partial charge in [-0.05, 0) is 36.8 Å². The van der Waals surface area contributed by atoms with Gasteiger partial charge in [0.2, 0.25) is 12.7 Å². The van der Waals surface area contributed by atoms with E-state index in [9.17, 15) is 4.79 Å². The molecule has 4 rings (SSSR count). The van der Waals surface area contributed by atoms with Crippen molar-refractivity contribution in [3.8, 4) is 11.5 Å². The molecule has 0 aromatic heterocycles. The number of ether oxygens (including phenoxy) is 2. The van der Waals surface area contributed by atoms with E-state index >= 15 is 0 Å². The van der Waals surface area contributed by atoms with Gasteiger partial charge in [0.25, 0.3) is 0 Å². The van der Waals surface area contributed by atoms with Crippen molar-refractivity contribution in [2.45, 2.75) is 12.3 Å². The molecular formula is C17H15NO3S. The molecule has 1 saturated heterocycles. The normalized spacial score (nSPS) is 19.8. The summed E-state index contributed by atoms with van der Waals surface area (Å²) in [6.07, 6.45) is 0. The lowest BCUT2D eigenvalue weighted by Crippen LogP contribution is -2.27. The Morgan fingerprint density at radius 2 is 1.86 bits per heavy atom. The van der Waals surface area contributed by atoms with E-state index in [2.05, 4.69) is 0 Å². The number of aryl methyl sites for hydroxylation is 1. The number of carbonyl (C=O) groups is 1. The van der Waals surface area contributed by atoms with Gasteiger partial charge in [0, 0.05) is 5.69 Å². The summed E-state index contributed by atoms with van der Waals surface area (Å²) in [4.78, 5) is 14.2. The number of anilines is 1. The van der Waals surface area contributed by atoms with E-state index in [0.717, 1.165) is 22.7 Å². The van der Waals surface area contributed by atoms with Crippen LogP contribution in [0.25, 0.3) is 0 Å². The zero-order valence-electron chi connectivity index (χ0n) is 12.1. The minimum Gasteiger partial charge on any atom is -0.454 e. The van der Waals surface area contributed by atoms with Crippen LogP contribution >= 0.6 is 11.8 Å². The molecule has 112 valence electrons. The van der Waals surface area contributed by atoms with Gasteiger partial charge in [-0.15, -0.1) is 11.8 Å². The minimum atomic E-state index is -0.0234. The highest BCUT2D eigenvalue weighted by Crippen LogP contribution is 2.44. The smallest absolute Gasteiger partial charge is 0.238 e. The van der Waals surface area contributed by atoms with Crippen molar-refractivity contribution < 1.29 is 14.3 Å². The molecule has 0 spiro atoms. The number of nitrogens with zero attached hydrogens (tertiary/aromatic N) is 1. The topological polar surface area (TPSA) is 38.8 Å². The molecule has 2 heterocycles. The lowest BCUT2D eigenvalue weighted by atomic mass is 10.1. The van der Waals surface area contributed by atoms with Crippen LogP contribution in [0.1, 0.15) is 16.5 Å². The molecule has 22 heavy (non-hydrogen) atoms. The predicted molar refractivity (Wildman–Crippen MR) is 86.4 cm³/mol. The van der Waals surface area contributed by atoms with Crippen LogP contribution in [0.4, 0.5) is 5.69 Å². The van der Waals surface area contributed by atoms with Gasteiger partial charge < -0.3 is 9.47 Å². The fourth-order valence-electron chi connectivity index (χ4n) is 2.72. The molecule has 1 amide bonds. The first-order valence-corrected chi connectivity index (χ1v) is 8.17. The summed E-state index contributed by atoms with van der Waals surface area (Å²) in [6, 6.07) is 13.9. The van der Waals surface area contributed by atoms with Crippen molar-refractivity contribution in [3.05, 3.63) is 53.6 Å². The van der Waals surface area contributed by atoms with Crippen LogP contribution in [0.15, 0.2) is 42.5 Å². The Balaban J connectivity index is 1.71. The number of hydrogen-bond donors (Lipinski definition) is 0. The molecule has 1 atom stereocenters. The monoisotopic (exact) mass is 313 g/mol. The number of hydrogen-bond acceptors (Lipinski definition) is 4. The van der Waals surface area contributed by atoms with Crippen molar-refractivity contribution in [1.29, 1.82) is 0 Å². The van der Waals surface area contributed by atoms with Gasteiger partial charge in [0.15, 0.2) is 11.5 Å². The van der Waals surface area contributed by atoms with E-state index in [4.69, 9.17) is 9.47 Å². The van der Waals surface area contributed by atoms with Crippen LogP contribution < -0.4 is 14.4 Å². The molecular weight excluding hydrogens is 298 g/mol. The fourth-order valence-corrected chi connectivity index (χ4v) is 3.89. The second-order valence-corrected chi connectivity index (χ2v) is 6.44. The van der Waals surface area contributed by atoms with Crippen molar-refractivity contribution in [2.24, 2.45) is 0 Å². The van der Waals surface area contributed by atoms with Crippen LogP contribution in [-0.4, -0.2) is 18.5 Å². The molecule has 2 aromatic rings. The van der Waals surface area contributed by atoms with E-state index in [1.807, 2.05) is 54.3 Å². The Kier molecular flexibility index (Phi) is 3.22. The number of fused-ring (bicyclic) bond motifs is 1. The third kappa shape index (κ3) is 2.22. The molecule has 1 fully saturated rings. The molecule has 2 aliphatic rings. The summed E-state index contributed by atoms with van der Waals surface area (Å²) in [6.45, 7) is 2.30. The zero-order chi connectivity index (χ0) is 15.1. The second-order valence-electron chi connectivity index (χ2n) is 5.38. The molecule has 1 unspecified atom stereocenters. The Hall–Kier alpha value is -2.14. The molecule has 4 nitrogen and oxygen atoms in total. The second kappa shape index (κ2) is 5.25. The van der Waals surface area contributed by atoms with Crippen LogP contribution in [0, 0.1) is 6.92 Å². The van der Waals surface area contributed by atoms with E-state index in [0.29, 0.717) is 5.75 Å². The average molecular weight is 313 g/mol. The summed E-state index contributed by atoms with van der Waals surface area (Å²) in [7, 11) is 0. The molecule has 0 radical (unpaired) electrons. The Labute approximate surface area is 133 Å². The summed E-state index contributed by atoms with van der Waals surface area (Å²) < 4.78 is 10.8. The minimum absolute atomic E-state index is 0.0234. The molecule has 2 aromatic carbocycles. The van der Waals surface area contributed by atoms with Gasteiger partial charge in [-0.3, -0.25) is 9.69 Å². The van der Waals surface area contributed by atoms with E-state index < -0.39 is 0 Å². The molecule has 0 N–H and O–H groups in total. The fraction of sp³-hybridized carbons (Fsp3) is 0.235. The number of amides is 1. The lowest BCUT2D eigenvalue weighted by Gasteiger charge is -2.24. The van der Waals surface area contributed by atoms with Crippen molar-refractivity contribution in [1.82, 2.24) is 0 Å². The average Bonchev–Trinajstić information content (AvgIpc) is 3.14. The zero-order valence-corrected chi connectivity index (χ0v) is 12.9. The van der Waals surface area contributed by atoms with E-state index in [1.165, 1.54) is 5.56 Å². The van der Waals surface area contributed by atoms with Gasteiger partial charge in [0.1, 0.15) is 5.37 Å². The third-order valence-electron chi connectivity index (χ3n) is 3.86. The maximum atomic E-state index is 12.3. The SMILES string of the molecule is Cc1ccc(N2C(=O)CSC2c2ccc3c(c2)OCO3)cc1. The Morgan fingerprint density at radius 3 is 2.68 bits per heavy atom.